The van der Waals surface area contributed by atoms with E-state index in [1.165, 1.54) is 6.42 Å². The first-order valence-electron chi connectivity index (χ1n) is 8.52. The predicted octanol–water partition coefficient (Wildman–Crippen LogP) is 4.40. The minimum absolute atomic E-state index is 0.0845. The van der Waals surface area contributed by atoms with E-state index < -0.39 is 0 Å². The van der Waals surface area contributed by atoms with Crippen LogP contribution in [0.5, 0.6) is 11.8 Å². The van der Waals surface area contributed by atoms with Crippen molar-refractivity contribution >= 4 is 11.6 Å². The third-order valence-electron chi connectivity index (χ3n) is 4.43. The summed E-state index contributed by atoms with van der Waals surface area (Å²) in [5, 5.41) is 3.02. The Morgan fingerprint density at radius 1 is 1.04 bits per heavy atom. The number of hydrogen-bond donors (Lipinski definition) is 1. The van der Waals surface area contributed by atoms with Crippen LogP contribution in [0.1, 0.15) is 43.5 Å². The van der Waals surface area contributed by atoms with E-state index in [0.717, 1.165) is 37.1 Å². The topological polar surface area (TPSA) is 64.1 Å². The highest BCUT2D eigenvalue weighted by atomic mass is 16.5. The first-order valence-corrected chi connectivity index (χ1v) is 8.52. The largest absolute Gasteiger partial charge is 0.424 e. The van der Waals surface area contributed by atoms with Crippen LogP contribution in [0.2, 0.25) is 0 Å². The normalized spacial score (nSPS) is 15.1. The second-order valence-electron chi connectivity index (χ2n) is 6.29. The molecule has 0 bridgehead atoms. The lowest BCUT2D eigenvalue weighted by molar-refractivity contribution is -0.120. The standard InChI is InChI=1S/C19H23N3O2/c1-13-17(22-18(23)15-9-5-3-6-10-15)14(2)21-19(20-13)24-16-11-7-4-8-12-16/h4,7-8,11-12,15H,3,5-6,9-10H2,1-2H3,(H,22,23). The quantitative estimate of drug-likeness (QED) is 0.904. The van der Waals surface area contributed by atoms with Crippen molar-refractivity contribution in [3.63, 3.8) is 0 Å². The lowest BCUT2D eigenvalue weighted by atomic mass is 9.88. The van der Waals surface area contributed by atoms with E-state index in [0.29, 0.717) is 17.4 Å². The number of nitrogens with zero attached hydrogens (tertiary/aromatic N) is 2. The molecule has 1 aromatic heterocycles. The van der Waals surface area contributed by atoms with Gasteiger partial charge in [-0.05, 0) is 38.8 Å². The molecule has 0 radical (unpaired) electrons. The minimum Gasteiger partial charge on any atom is -0.424 e. The Morgan fingerprint density at radius 2 is 1.67 bits per heavy atom. The van der Waals surface area contributed by atoms with Gasteiger partial charge in [-0.25, -0.2) is 0 Å². The Morgan fingerprint density at radius 3 is 2.29 bits per heavy atom. The fourth-order valence-corrected chi connectivity index (χ4v) is 3.10. The number of carbonyl (C=O) groups is 1. The number of carbonyl (C=O) groups excluding carboxylic acids is 1. The van der Waals surface area contributed by atoms with Crippen molar-refractivity contribution in [3.05, 3.63) is 41.7 Å². The molecule has 1 aromatic carbocycles. The molecule has 0 aliphatic heterocycles. The summed E-state index contributed by atoms with van der Waals surface area (Å²) < 4.78 is 5.68. The van der Waals surface area contributed by atoms with Gasteiger partial charge in [-0.2, -0.15) is 9.97 Å². The minimum atomic E-state index is 0.0845. The Labute approximate surface area is 142 Å². The third-order valence-corrected chi connectivity index (χ3v) is 4.43. The molecule has 5 nitrogen and oxygen atoms in total. The highest BCUT2D eigenvalue weighted by Gasteiger charge is 2.22. The highest BCUT2D eigenvalue weighted by molar-refractivity contribution is 5.93. The summed E-state index contributed by atoms with van der Waals surface area (Å²) in [6, 6.07) is 9.72. The summed E-state index contributed by atoms with van der Waals surface area (Å²) >= 11 is 0. The van der Waals surface area contributed by atoms with Crippen LogP contribution in [0.25, 0.3) is 0 Å². The van der Waals surface area contributed by atoms with Gasteiger partial charge in [0, 0.05) is 5.92 Å². The predicted molar refractivity (Wildman–Crippen MR) is 93.2 cm³/mol. The number of aromatic nitrogens is 2. The lowest BCUT2D eigenvalue weighted by Crippen LogP contribution is -2.25. The molecule has 3 rings (SSSR count). The van der Waals surface area contributed by atoms with E-state index in [1.54, 1.807) is 0 Å². The SMILES string of the molecule is Cc1nc(Oc2ccccc2)nc(C)c1NC(=O)C1CCCCC1. The van der Waals surface area contributed by atoms with E-state index in [2.05, 4.69) is 15.3 Å². The van der Waals surface area contributed by atoms with E-state index in [1.807, 2.05) is 44.2 Å². The number of hydrogen-bond acceptors (Lipinski definition) is 4. The summed E-state index contributed by atoms with van der Waals surface area (Å²) in [6.45, 7) is 3.73. The number of amides is 1. The van der Waals surface area contributed by atoms with E-state index >= 15 is 0 Å². The van der Waals surface area contributed by atoms with E-state index in [9.17, 15) is 4.79 Å². The molecule has 1 heterocycles. The van der Waals surface area contributed by atoms with Gasteiger partial charge in [-0.1, -0.05) is 37.5 Å². The summed E-state index contributed by atoms with van der Waals surface area (Å²) in [6.07, 6.45) is 5.45. The Balaban J connectivity index is 1.73. The van der Waals surface area contributed by atoms with Gasteiger partial charge >= 0.3 is 6.01 Å². The molecule has 0 saturated heterocycles. The van der Waals surface area contributed by atoms with Crippen LogP contribution in [0.3, 0.4) is 0 Å². The molecular formula is C19H23N3O2. The monoisotopic (exact) mass is 325 g/mol. The van der Waals surface area contributed by atoms with Crippen molar-refractivity contribution in [3.8, 4) is 11.8 Å². The van der Waals surface area contributed by atoms with Crippen LogP contribution in [-0.4, -0.2) is 15.9 Å². The number of aryl methyl sites for hydroxylation is 2. The van der Waals surface area contributed by atoms with Gasteiger partial charge in [0.05, 0.1) is 17.1 Å². The molecule has 0 spiro atoms. The number of nitrogens with one attached hydrogen (secondary N) is 1. The molecular weight excluding hydrogens is 302 g/mol. The van der Waals surface area contributed by atoms with Gasteiger partial charge in [-0.15, -0.1) is 0 Å². The number of ether oxygens (including phenoxy) is 1. The molecule has 1 aliphatic carbocycles. The zero-order valence-corrected chi connectivity index (χ0v) is 14.2. The molecule has 1 fully saturated rings. The zero-order valence-electron chi connectivity index (χ0n) is 14.2. The maximum Gasteiger partial charge on any atom is 0.322 e. The first-order chi connectivity index (χ1) is 11.6. The van der Waals surface area contributed by atoms with Crippen molar-refractivity contribution in [1.29, 1.82) is 0 Å². The van der Waals surface area contributed by atoms with Crippen LogP contribution in [0.15, 0.2) is 30.3 Å². The lowest BCUT2D eigenvalue weighted by Gasteiger charge is -2.21. The van der Waals surface area contributed by atoms with Gasteiger partial charge in [0.2, 0.25) is 5.91 Å². The van der Waals surface area contributed by atoms with Crippen LogP contribution < -0.4 is 10.1 Å². The van der Waals surface area contributed by atoms with E-state index in [4.69, 9.17) is 4.74 Å². The maximum absolute atomic E-state index is 12.4. The first kappa shape index (κ1) is 16.4. The fraction of sp³-hybridized carbons (Fsp3) is 0.421. The summed E-state index contributed by atoms with van der Waals surface area (Å²) in [5.41, 5.74) is 2.14. The smallest absolute Gasteiger partial charge is 0.322 e. The van der Waals surface area contributed by atoms with Gasteiger partial charge in [-0.3, -0.25) is 4.79 Å². The third kappa shape index (κ3) is 3.91. The van der Waals surface area contributed by atoms with Crippen LogP contribution in [0.4, 0.5) is 5.69 Å². The van der Waals surface area contributed by atoms with Crippen LogP contribution >= 0.6 is 0 Å². The molecule has 2 aromatic rings. The highest BCUT2D eigenvalue weighted by Crippen LogP contribution is 2.27. The molecule has 1 aliphatic rings. The number of rotatable bonds is 4. The number of para-hydroxylation sites is 1. The van der Waals surface area contributed by atoms with Crippen molar-refractivity contribution in [2.45, 2.75) is 46.0 Å². The molecule has 0 atom stereocenters. The molecule has 1 N–H and O–H groups in total. The Hall–Kier alpha value is -2.43. The molecule has 126 valence electrons. The molecule has 0 unspecified atom stereocenters. The average Bonchev–Trinajstić information content (AvgIpc) is 2.59. The molecule has 24 heavy (non-hydrogen) atoms. The van der Waals surface area contributed by atoms with Crippen molar-refractivity contribution in [2.24, 2.45) is 5.92 Å². The van der Waals surface area contributed by atoms with Crippen LogP contribution in [0, 0.1) is 19.8 Å². The van der Waals surface area contributed by atoms with Crippen LogP contribution in [-0.2, 0) is 4.79 Å². The zero-order chi connectivity index (χ0) is 16.9. The van der Waals surface area contributed by atoms with Gasteiger partial charge in [0.25, 0.3) is 0 Å². The summed E-state index contributed by atoms with van der Waals surface area (Å²) in [4.78, 5) is 21.2. The molecule has 5 heteroatoms. The summed E-state index contributed by atoms with van der Waals surface area (Å²) in [5.74, 6) is 0.884. The summed E-state index contributed by atoms with van der Waals surface area (Å²) in [7, 11) is 0. The van der Waals surface area contributed by atoms with Crippen molar-refractivity contribution in [2.75, 3.05) is 5.32 Å². The second kappa shape index (κ2) is 7.43. The molecule has 1 saturated carbocycles. The maximum atomic E-state index is 12.4. The second-order valence-corrected chi connectivity index (χ2v) is 6.29. The fourth-order valence-electron chi connectivity index (χ4n) is 3.10. The van der Waals surface area contributed by atoms with Gasteiger partial charge in [0.15, 0.2) is 0 Å². The van der Waals surface area contributed by atoms with Gasteiger partial charge < -0.3 is 10.1 Å². The Kier molecular flexibility index (Phi) is 5.08. The number of benzene rings is 1. The van der Waals surface area contributed by atoms with Crippen molar-refractivity contribution in [1.82, 2.24) is 9.97 Å². The Bertz CT molecular complexity index is 687. The van der Waals surface area contributed by atoms with Gasteiger partial charge in [0.1, 0.15) is 5.75 Å². The molecule has 1 amide bonds. The van der Waals surface area contributed by atoms with E-state index in [-0.39, 0.29) is 11.8 Å². The number of anilines is 1. The average molecular weight is 325 g/mol. The van der Waals surface area contributed by atoms with Crippen molar-refractivity contribution < 1.29 is 9.53 Å².